The van der Waals surface area contributed by atoms with E-state index in [2.05, 4.69) is 9.40 Å². The zero-order valence-corrected chi connectivity index (χ0v) is 6.83. The Balaban J connectivity index is 3.17. The van der Waals surface area contributed by atoms with Gasteiger partial charge in [-0.05, 0) is 0 Å². The van der Waals surface area contributed by atoms with Crippen molar-refractivity contribution in [1.82, 2.24) is 4.98 Å². The van der Waals surface area contributed by atoms with Crippen LogP contribution in [0.15, 0.2) is 15.8 Å². The summed E-state index contributed by atoms with van der Waals surface area (Å²) in [5.41, 5.74) is 0. The number of carbonyl (C=O) groups is 1. The molecular formula is C5H5NO5S. The number of carboxylic acids is 1. The van der Waals surface area contributed by atoms with E-state index in [9.17, 15) is 13.2 Å². The summed E-state index contributed by atoms with van der Waals surface area (Å²) in [6.45, 7) is 0. The third-order valence-corrected chi connectivity index (χ3v) is 1.84. The largest absolute Gasteiger partial charge is 0.475 e. The van der Waals surface area contributed by atoms with Crippen molar-refractivity contribution in [2.24, 2.45) is 0 Å². The van der Waals surface area contributed by atoms with Crippen LogP contribution in [0.5, 0.6) is 0 Å². The van der Waals surface area contributed by atoms with Gasteiger partial charge in [0.15, 0.2) is 0 Å². The summed E-state index contributed by atoms with van der Waals surface area (Å²) >= 11 is 0. The highest BCUT2D eigenvalue weighted by Crippen LogP contribution is 2.08. The molecule has 0 radical (unpaired) electrons. The van der Waals surface area contributed by atoms with Crippen LogP contribution >= 0.6 is 0 Å². The van der Waals surface area contributed by atoms with E-state index in [1.165, 1.54) is 0 Å². The van der Waals surface area contributed by atoms with Crippen molar-refractivity contribution in [3.63, 3.8) is 0 Å². The molecule has 7 heteroatoms. The molecule has 0 aliphatic heterocycles. The lowest BCUT2D eigenvalue weighted by Gasteiger charge is -1.86. The summed E-state index contributed by atoms with van der Waals surface area (Å²) in [6, 6.07) is 0. The van der Waals surface area contributed by atoms with Crippen LogP contribution in [0.25, 0.3) is 0 Å². The quantitative estimate of drug-likeness (QED) is 0.693. The van der Waals surface area contributed by atoms with Crippen LogP contribution in [0, 0.1) is 0 Å². The van der Waals surface area contributed by atoms with E-state index in [1.807, 2.05) is 0 Å². The first-order valence-electron chi connectivity index (χ1n) is 2.80. The van der Waals surface area contributed by atoms with Crippen molar-refractivity contribution in [1.29, 1.82) is 0 Å². The van der Waals surface area contributed by atoms with Gasteiger partial charge >= 0.3 is 11.2 Å². The number of rotatable bonds is 2. The van der Waals surface area contributed by atoms with Gasteiger partial charge in [-0.2, -0.15) is 0 Å². The summed E-state index contributed by atoms with van der Waals surface area (Å²) in [6.07, 6.45) is 1.73. The van der Waals surface area contributed by atoms with Crippen molar-refractivity contribution < 1.29 is 22.7 Å². The first kappa shape index (κ1) is 8.72. The molecule has 0 aliphatic rings. The molecule has 1 aromatic rings. The number of carboxylic acid groups (broad SMARTS) is 1. The van der Waals surface area contributed by atoms with Gasteiger partial charge in [-0.25, -0.2) is 18.2 Å². The molecule has 0 atom stereocenters. The molecule has 66 valence electrons. The van der Waals surface area contributed by atoms with E-state index in [4.69, 9.17) is 5.11 Å². The summed E-state index contributed by atoms with van der Waals surface area (Å²) in [4.78, 5) is 13.5. The van der Waals surface area contributed by atoms with Gasteiger partial charge in [-0.3, -0.25) is 0 Å². The Kier molecular flexibility index (Phi) is 1.89. The molecule has 12 heavy (non-hydrogen) atoms. The molecule has 0 spiro atoms. The molecule has 1 aromatic heterocycles. The second kappa shape index (κ2) is 2.59. The molecule has 0 fully saturated rings. The maximum atomic E-state index is 10.7. The number of sulfone groups is 1. The molecule has 0 bridgehead atoms. The predicted octanol–water partition coefficient (Wildman–Crippen LogP) is -0.224. The van der Waals surface area contributed by atoms with Gasteiger partial charge in [0.25, 0.3) is 0 Å². The normalized spacial score (nSPS) is 11.4. The summed E-state index contributed by atoms with van der Waals surface area (Å²) in [7, 11) is -3.56. The molecule has 0 amide bonds. The summed E-state index contributed by atoms with van der Waals surface area (Å²) in [5.74, 6) is -1.84. The number of oxazole rings is 1. The maximum absolute atomic E-state index is 10.7. The Hall–Kier alpha value is -1.37. The minimum atomic E-state index is -3.56. The van der Waals surface area contributed by atoms with Crippen LogP contribution in [0.4, 0.5) is 0 Å². The minimum Gasteiger partial charge on any atom is -0.475 e. The van der Waals surface area contributed by atoms with Crippen LogP contribution in [0.1, 0.15) is 10.6 Å². The molecule has 0 aliphatic carbocycles. The zero-order valence-electron chi connectivity index (χ0n) is 6.01. The monoisotopic (exact) mass is 191 g/mol. The molecule has 0 saturated heterocycles. The molecule has 1 rings (SSSR count). The second-order valence-electron chi connectivity index (χ2n) is 2.07. The highest BCUT2D eigenvalue weighted by Gasteiger charge is 2.17. The van der Waals surface area contributed by atoms with Gasteiger partial charge in [0.2, 0.25) is 15.6 Å². The highest BCUT2D eigenvalue weighted by molar-refractivity contribution is 7.90. The zero-order chi connectivity index (χ0) is 9.35. The Labute approximate surface area is 67.8 Å². The van der Waals surface area contributed by atoms with E-state index in [-0.39, 0.29) is 0 Å². The van der Waals surface area contributed by atoms with Crippen molar-refractivity contribution >= 4 is 15.8 Å². The third-order valence-electron chi connectivity index (χ3n) is 1.01. The van der Waals surface area contributed by atoms with E-state index >= 15 is 0 Å². The topological polar surface area (TPSA) is 97.5 Å². The molecule has 0 unspecified atom stereocenters. The Morgan fingerprint density at radius 2 is 2.25 bits per heavy atom. The van der Waals surface area contributed by atoms with Crippen LogP contribution in [-0.2, 0) is 9.84 Å². The van der Waals surface area contributed by atoms with E-state index in [1.54, 1.807) is 0 Å². The van der Waals surface area contributed by atoms with Gasteiger partial charge in [0.05, 0.1) is 6.20 Å². The molecular weight excluding hydrogens is 186 g/mol. The molecule has 6 nitrogen and oxygen atoms in total. The first-order chi connectivity index (χ1) is 5.41. The summed E-state index contributed by atoms with van der Waals surface area (Å²) in [5, 5.41) is 7.75. The van der Waals surface area contributed by atoms with Gasteiger partial charge in [-0.1, -0.05) is 0 Å². The fourth-order valence-electron chi connectivity index (χ4n) is 0.528. The van der Waals surface area contributed by atoms with Crippen LogP contribution in [-0.4, -0.2) is 30.7 Å². The first-order valence-corrected chi connectivity index (χ1v) is 4.69. The number of aromatic carboxylic acids is 1. The van der Waals surface area contributed by atoms with E-state index < -0.39 is 26.8 Å². The SMILES string of the molecule is CS(=O)(=O)c1ncc(C(=O)O)o1. The van der Waals surface area contributed by atoms with Gasteiger partial charge < -0.3 is 9.52 Å². The summed E-state index contributed by atoms with van der Waals surface area (Å²) < 4.78 is 25.9. The smallest absolute Gasteiger partial charge is 0.373 e. The fraction of sp³-hybridized carbons (Fsp3) is 0.200. The van der Waals surface area contributed by atoms with Gasteiger partial charge in [0, 0.05) is 6.26 Å². The Bertz CT molecular complexity index is 403. The molecule has 1 N–H and O–H groups in total. The van der Waals surface area contributed by atoms with Crippen LogP contribution in [0.2, 0.25) is 0 Å². The number of hydrogen-bond acceptors (Lipinski definition) is 5. The van der Waals surface area contributed by atoms with Crippen LogP contribution in [0.3, 0.4) is 0 Å². The predicted molar refractivity (Wildman–Crippen MR) is 36.6 cm³/mol. The standard InChI is InChI=1S/C5H5NO5S/c1-12(9,10)5-6-2-3(11-5)4(7)8/h2H,1H3,(H,7,8). The lowest BCUT2D eigenvalue weighted by atomic mass is 10.5. The van der Waals surface area contributed by atoms with Crippen molar-refractivity contribution in [2.45, 2.75) is 5.22 Å². The maximum Gasteiger partial charge on any atom is 0.373 e. The average molecular weight is 191 g/mol. The average Bonchev–Trinajstić information content (AvgIpc) is 2.30. The third kappa shape index (κ3) is 1.62. The molecule has 0 saturated carbocycles. The molecule has 0 aromatic carbocycles. The minimum absolute atomic E-state index is 0.490. The fourth-order valence-corrected chi connectivity index (χ4v) is 1.01. The van der Waals surface area contributed by atoms with Gasteiger partial charge in [-0.15, -0.1) is 0 Å². The Morgan fingerprint density at radius 1 is 1.67 bits per heavy atom. The number of hydrogen-bond donors (Lipinski definition) is 1. The van der Waals surface area contributed by atoms with E-state index in [0.29, 0.717) is 0 Å². The number of aromatic nitrogens is 1. The lowest BCUT2D eigenvalue weighted by Crippen LogP contribution is -1.97. The highest BCUT2D eigenvalue weighted by atomic mass is 32.2. The van der Waals surface area contributed by atoms with Gasteiger partial charge in [0.1, 0.15) is 0 Å². The number of nitrogens with zero attached hydrogens (tertiary/aromatic N) is 1. The van der Waals surface area contributed by atoms with E-state index in [0.717, 1.165) is 12.5 Å². The lowest BCUT2D eigenvalue weighted by molar-refractivity contribution is 0.0656. The van der Waals surface area contributed by atoms with Crippen molar-refractivity contribution in [3.05, 3.63) is 12.0 Å². The van der Waals surface area contributed by atoms with Crippen molar-refractivity contribution in [3.8, 4) is 0 Å². The Morgan fingerprint density at radius 3 is 2.50 bits per heavy atom. The van der Waals surface area contributed by atoms with Crippen molar-refractivity contribution in [2.75, 3.05) is 6.26 Å². The molecule has 1 heterocycles. The van der Waals surface area contributed by atoms with Crippen LogP contribution < -0.4 is 0 Å². The second-order valence-corrected chi connectivity index (χ2v) is 3.96.